The highest BCUT2D eigenvalue weighted by Crippen LogP contribution is 2.26. The van der Waals surface area contributed by atoms with E-state index in [-0.39, 0.29) is 0 Å². The number of hydrogen-bond acceptors (Lipinski definition) is 1. The van der Waals surface area contributed by atoms with Crippen LogP contribution in [0.5, 0.6) is 0 Å². The lowest BCUT2D eigenvalue weighted by molar-refractivity contribution is 0.414. The molecule has 0 saturated carbocycles. The molecular weight excluding hydrogens is 256 g/mol. The van der Waals surface area contributed by atoms with Crippen molar-refractivity contribution in [2.24, 2.45) is 0 Å². The number of hydrogen-bond donors (Lipinski definition) is 0. The molecule has 0 fully saturated rings. The average Bonchev–Trinajstić information content (AvgIpc) is 2.84. The number of rotatable bonds is 4. The molecule has 2 heteroatoms. The van der Waals surface area contributed by atoms with E-state index in [0.29, 0.717) is 0 Å². The van der Waals surface area contributed by atoms with Crippen LogP contribution in [0.2, 0.25) is 0 Å². The molecule has 3 rings (SSSR count). The lowest BCUT2D eigenvalue weighted by atomic mass is 10.1. The lowest BCUT2D eigenvalue weighted by Crippen LogP contribution is -2.14. The number of aryl methyl sites for hydroxylation is 1. The van der Waals surface area contributed by atoms with Crippen LogP contribution in [-0.2, 0) is 6.42 Å². The Hall–Kier alpha value is -2.06. The highest BCUT2D eigenvalue weighted by atomic mass is 15.0. The van der Waals surface area contributed by atoms with E-state index in [1.54, 1.807) is 0 Å². The summed E-state index contributed by atoms with van der Waals surface area (Å²) in [6.45, 7) is 3.24. The minimum Gasteiger partial charge on any atom is -0.316 e. The van der Waals surface area contributed by atoms with Crippen molar-refractivity contribution in [3.63, 3.8) is 0 Å². The molecule has 0 unspecified atom stereocenters. The molecule has 1 aromatic heterocycles. The smallest absolute Gasteiger partial charge is 0.0531 e. The van der Waals surface area contributed by atoms with Crippen LogP contribution in [0.4, 0.5) is 0 Å². The quantitative estimate of drug-likeness (QED) is 0.699. The van der Waals surface area contributed by atoms with Crippen molar-refractivity contribution in [3.8, 4) is 5.69 Å². The second-order valence-corrected chi connectivity index (χ2v) is 5.88. The molecule has 2 nitrogen and oxygen atoms in total. The fourth-order valence-electron chi connectivity index (χ4n) is 2.83. The van der Waals surface area contributed by atoms with E-state index in [1.165, 1.54) is 27.7 Å². The first-order valence-electron chi connectivity index (χ1n) is 7.46. The third kappa shape index (κ3) is 2.72. The normalized spacial score (nSPS) is 11.4. The van der Waals surface area contributed by atoms with Gasteiger partial charge in [-0.1, -0.05) is 36.4 Å². The molecule has 2 aromatic carbocycles. The van der Waals surface area contributed by atoms with E-state index in [4.69, 9.17) is 0 Å². The van der Waals surface area contributed by atoms with Crippen LogP contribution in [-0.4, -0.2) is 30.1 Å². The molecule has 108 valence electrons. The summed E-state index contributed by atoms with van der Waals surface area (Å²) in [5.74, 6) is 0. The van der Waals surface area contributed by atoms with Crippen LogP contribution < -0.4 is 0 Å². The predicted octanol–water partition coefficient (Wildman–Crippen LogP) is 4.04. The maximum Gasteiger partial charge on any atom is 0.0531 e. The first-order valence-corrected chi connectivity index (χ1v) is 7.46. The summed E-state index contributed by atoms with van der Waals surface area (Å²) in [6, 6.07) is 17.3. The number of likely N-dealkylation sites (N-methyl/N-ethyl adjacent to an activating group) is 1. The Morgan fingerprint density at radius 1 is 0.952 bits per heavy atom. The van der Waals surface area contributed by atoms with Gasteiger partial charge in [-0.25, -0.2) is 0 Å². The minimum atomic E-state index is 1.07. The van der Waals surface area contributed by atoms with E-state index >= 15 is 0 Å². The van der Waals surface area contributed by atoms with Gasteiger partial charge < -0.3 is 9.47 Å². The second kappa shape index (κ2) is 5.74. The maximum atomic E-state index is 2.33. The molecule has 21 heavy (non-hydrogen) atoms. The van der Waals surface area contributed by atoms with Crippen molar-refractivity contribution < 1.29 is 0 Å². The fourth-order valence-corrected chi connectivity index (χ4v) is 2.83. The van der Waals surface area contributed by atoms with Gasteiger partial charge >= 0.3 is 0 Å². The standard InChI is InChI=1S/C19H22N2/c1-15-8-4-6-10-18(15)21-14-16(12-13-20(2)3)17-9-5-7-11-19(17)21/h4-11,14H,12-13H2,1-3H3. The third-order valence-corrected chi connectivity index (χ3v) is 4.00. The van der Waals surface area contributed by atoms with Crippen LogP contribution in [0, 0.1) is 6.92 Å². The molecule has 0 aliphatic rings. The van der Waals surface area contributed by atoms with Crippen LogP contribution in [0.25, 0.3) is 16.6 Å². The van der Waals surface area contributed by atoms with Crippen molar-refractivity contribution >= 4 is 10.9 Å². The summed E-state index contributed by atoms with van der Waals surface area (Å²) in [4.78, 5) is 2.24. The summed E-state index contributed by atoms with van der Waals surface area (Å²) in [6.07, 6.45) is 3.38. The van der Waals surface area contributed by atoms with Crippen LogP contribution >= 0.6 is 0 Å². The first-order chi connectivity index (χ1) is 10.2. The first kappa shape index (κ1) is 13.9. The van der Waals surface area contributed by atoms with E-state index < -0.39 is 0 Å². The Labute approximate surface area is 126 Å². The fraction of sp³-hybridized carbons (Fsp3) is 0.263. The summed E-state index contributed by atoms with van der Waals surface area (Å²) in [7, 11) is 4.25. The minimum absolute atomic E-state index is 1.07. The van der Waals surface area contributed by atoms with E-state index in [9.17, 15) is 0 Å². The molecule has 0 amide bonds. The third-order valence-electron chi connectivity index (χ3n) is 4.00. The molecule has 0 aliphatic heterocycles. The molecule has 0 bridgehead atoms. The number of benzene rings is 2. The van der Waals surface area contributed by atoms with Gasteiger partial charge in [0.1, 0.15) is 0 Å². The van der Waals surface area contributed by atoms with Gasteiger partial charge in [0.25, 0.3) is 0 Å². The van der Waals surface area contributed by atoms with Gasteiger partial charge in [0.05, 0.1) is 5.52 Å². The Balaban J connectivity index is 2.13. The zero-order valence-corrected chi connectivity index (χ0v) is 13.0. The van der Waals surface area contributed by atoms with Crippen molar-refractivity contribution in [1.82, 2.24) is 9.47 Å². The molecule has 0 radical (unpaired) electrons. The van der Waals surface area contributed by atoms with Crippen molar-refractivity contribution in [1.29, 1.82) is 0 Å². The van der Waals surface area contributed by atoms with Gasteiger partial charge in [0.15, 0.2) is 0 Å². The Morgan fingerprint density at radius 2 is 1.67 bits per heavy atom. The van der Waals surface area contributed by atoms with Gasteiger partial charge in [-0.15, -0.1) is 0 Å². The number of fused-ring (bicyclic) bond motifs is 1. The Morgan fingerprint density at radius 3 is 2.43 bits per heavy atom. The summed E-state index contributed by atoms with van der Waals surface area (Å²) < 4.78 is 2.33. The Bertz CT molecular complexity index is 753. The van der Waals surface area contributed by atoms with E-state index in [0.717, 1.165) is 13.0 Å². The monoisotopic (exact) mass is 278 g/mol. The van der Waals surface area contributed by atoms with Crippen LogP contribution in [0.1, 0.15) is 11.1 Å². The highest BCUT2D eigenvalue weighted by molar-refractivity contribution is 5.85. The highest BCUT2D eigenvalue weighted by Gasteiger charge is 2.10. The molecule has 0 N–H and O–H groups in total. The number of para-hydroxylation sites is 2. The lowest BCUT2D eigenvalue weighted by Gasteiger charge is -2.09. The maximum absolute atomic E-state index is 2.33. The summed E-state index contributed by atoms with van der Waals surface area (Å²) >= 11 is 0. The second-order valence-electron chi connectivity index (χ2n) is 5.88. The molecular formula is C19H22N2. The van der Waals surface area contributed by atoms with E-state index in [1.807, 2.05) is 0 Å². The van der Waals surface area contributed by atoms with Crippen molar-refractivity contribution in [2.45, 2.75) is 13.3 Å². The topological polar surface area (TPSA) is 8.17 Å². The van der Waals surface area contributed by atoms with Gasteiger partial charge in [0.2, 0.25) is 0 Å². The zero-order chi connectivity index (χ0) is 14.8. The molecule has 1 heterocycles. The molecule has 3 aromatic rings. The summed E-state index contributed by atoms with van der Waals surface area (Å²) in [5.41, 5.74) is 5.28. The molecule has 0 atom stereocenters. The van der Waals surface area contributed by atoms with Gasteiger partial charge in [-0.3, -0.25) is 0 Å². The average molecular weight is 278 g/mol. The van der Waals surface area contributed by atoms with Crippen molar-refractivity contribution in [3.05, 3.63) is 65.9 Å². The van der Waals surface area contributed by atoms with Crippen LogP contribution in [0.15, 0.2) is 54.7 Å². The number of nitrogens with zero attached hydrogens (tertiary/aromatic N) is 2. The van der Waals surface area contributed by atoms with Crippen molar-refractivity contribution in [2.75, 3.05) is 20.6 Å². The number of aromatic nitrogens is 1. The Kier molecular flexibility index (Phi) is 3.80. The van der Waals surface area contributed by atoms with E-state index in [2.05, 4.69) is 85.2 Å². The van der Waals surface area contributed by atoms with Crippen LogP contribution in [0.3, 0.4) is 0 Å². The van der Waals surface area contributed by atoms with Gasteiger partial charge in [0, 0.05) is 23.8 Å². The largest absolute Gasteiger partial charge is 0.316 e. The molecule has 0 aliphatic carbocycles. The molecule has 0 saturated heterocycles. The zero-order valence-electron chi connectivity index (χ0n) is 13.0. The van der Waals surface area contributed by atoms with Gasteiger partial charge in [-0.05, 0) is 50.7 Å². The van der Waals surface area contributed by atoms with Gasteiger partial charge in [-0.2, -0.15) is 0 Å². The predicted molar refractivity (Wildman–Crippen MR) is 90.3 cm³/mol. The molecule has 0 spiro atoms. The summed E-state index contributed by atoms with van der Waals surface area (Å²) in [5, 5.41) is 1.36. The SMILES string of the molecule is Cc1ccccc1-n1cc(CCN(C)C)c2ccccc21.